The summed E-state index contributed by atoms with van der Waals surface area (Å²) < 4.78 is 3.84. The molecular formula is C13H16N4OS. The number of nitrogens with two attached hydrogens (primary N) is 1. The molecule has 1 heterocycles. The summed E-state index contributed by atoms with van der Waals surface area (Å²) in [5.74, 6) is -0.124. The largest absolute Gasteiger partial charge is 0.399 e. The summed E-state index contributed by atoms with van der Waals surface area (Å²) >= 11 is 1.14. The number of hydrogen-bond acceptors (Lipinski definition) is 5. The number of nitrogens with one attached hydrogen (secondary N) is 1. The minimum atomic E-state index is -0.124. The maximum atomic E-state index is 12.0. The summed E-state index contributed by atoms with van der Waals surface area (Å²) in [5.41, 5.74) is 8.14. The lowest BCUT2D eigenvalue weighted by molar-refractivity contribution is 0.0954. The number of rotatable bonds is 5. The van der Waals surface area contributed by atoms with Crippen LogP contribution in [0.25, 0.3) is 0 Å². The van der Waals surface area contributed by atoms with E-state index in [0.29, 0.717) is 17.1 Å². The number of amides is 1. The fourth-order valence-electron chi connectivity index (χ4n) is 1.75. The molecule has 2 rings (SSSR count). The standard InChI is InChI=1S/C13H16N4OS/c1-2-4-11-12(19-17-16-11)13(18)15-8-9-5-3-6-10(14)7-9/h3,5-7H,2,4,8,14H2,1H3,(H,15,18). The molecule has 0 bridgehead atoms. The van der Waals surface area contributed by atoms with Crippen molar-refractivity contribution in [1.82, 2.24) is 14.9 Å². The van der Waals surface area contributed by atoms with Gasteiger partial charge in [0.15, 0.2) is 0 Å². The van der Waals surface area contributed by atoms with Gasteiger partial charge in [-0.15, -0.1) is 5.10 Å². The highest BCUT2D eigenvalue weighted by molar-refractivity contribution is 7.08. The monoisotopic (exact) mass is 276 g/mol. The van der Waals surface area contributed by atoms with Crippen molar-refractivity contribution in [2.75, 3.05) is 5.73 Å². The van der Waals surface area contributed by atoms with Crippen LogP contribution in [0.3, 0.4) is 0 Å². The van der Waals surface area contributed by atoms with E-state index in [9.17, 15) is 4.79 Å². The quantitative estimate of drug-likeness (QED) is 0.818. The maximum absolute atomic E-state index is 12.0. The van der Waals surface area contributed by atoms with E-state index in [1.807, 2.05) is 31.2 Å². The Morgan fingerprint density at radius 3 is 3.05 bits per heavy atom. The van der Waals surface area contributed by atoms with Gasteiger partial charge in [0.05, 0.1) is 5.69 Å². The van der Waals surface area contributed by atoms with Crippen molar-refractivity contribution in [1.29, 1.82) is 0 Å². The molecule has 2 aromatic rings. The predicted octanol–water partition coefficient (Wildman–Crippen LogP) is 2.00. The van der Waals surface area contributed by atoms with Gasteiger partial charge in [0.1, 0.15) is 4.88 Å². The zero-order valence-electron chi connectivity index (χ0n) is 10.7. The van der Waals surface area contributed by atoms with Gasteiger partial charge < -0.3 is 11.1 Å². The first-order valence-corrected chi connectivity index (χ1v) is 6.92. The average molecular weight is 276 g/mol. The van der Waals surface area contributed by atoms with E-state index >= 15 is 0 Å². The Kier molecular flexibility index (Phi) is 4.46. The van der Waals surface area contributed by atoms with E-state index < -0.39 is 0 Å². The van der Waals surface area contributed by atoms with Crippen LogP contribution in [0.4, 0.5) is 5.69 Å². The van der Waals surface area contributed by atoms with E-state index in [1.54, 1.807) is 0 Å². The van der Waals surface area contributed by atoms with Crippen molar-refractivity contribution in [3.05, 3.63) is 40.4 Å². The van der Waals surface area contributed by atoms with Crippen LogP contribution >= 0.6 is 11.5 Å². The summed E-state index contributed by atoms with van der Waals surface area (Å²) in [6, 6.07) is 7.46. The third kappa shape index (κ3) is 3.51. The third-order valence-electron chi connectivity index (χ3n) is 2.65. The van der Waals surface area contributed by atoms with Crippen LogP contribution in [-0.4, -0.2) is 15.5 Å². The minimum Gasteiger partial charge on any atom is -0.399 e. The molecule has 0 saturated heterocycles. The normalized spacial score (nSPS) is 10.4. The molecule has 1 aromatic carbocycles. The summed E-state index contributed by atoms with van der Waals surface area (Å²) in [5, 5.41) is 6.85. The highest BCUT2D eigenvalue weighted by Gasteiger charge is 2.15. The second-order valence-electron chi connectivity index (χ2n) is 4.23. The Morgan fingerprint density at radius 2 is 2.32 bits per heavy atom. The summed E-state index contributed by atoms with van der Waals surface area (Å²) in [7, 11) is 0. The van der Waals surface area contributed by atoms with Crippen LogP contribution in [0.5, 0.6) is 0 Å². The molecule has 1 aromatic heterocycles. The summed E-state index contributed by atoms with van der Waals surface area (Å²) in [6.45, 7) is 2.50. The fourth-order valence-corrected chi connectivity index (χ4v) is 2.37. The molecule has 0 aliphatic rings. The molecule has 5 nitrogen and oxygen atoms in total. The molecule has 19 heavy (non-hydrogen) atoms. The van der Waals surface area contributed by atoms with Crippen LogP contribution in [0, 0.1) is 0 Å². The smallest absolute Gasteiger partial charge is 0.265 e. The SMILES string of the molecule is CCCc1nnsc1C(=O)NCc1cccc(N)c1. The van der Waals surface area contributed by atoms with Crippen LogP contribution in [-0.2, 0) is 13.0 Å². The second kappa shape index (κ2) is 6.29. The molecule has 0 spiro atoms. The number of carbonyl (C=O) groups is 1. The van der Waals surface area contributed by atoms with Gasteiger partial charge in [-0.25, -0.2) is 0 Å². The first-order chi connectivity index (χ1) is 9.20. The van der Waals surface area contributed by atoms with Crippen LogP contribution in [0.15, 0.2) is 24.3 Å². The van der Waals surface area contributed by atoms with E-state index in [4.69, 9.17) is 5.73 Å². The molecule has 1 amide bonds. The molecule has 0 radical (unpaired) electrons. The van der Waals surface area contributed by atoms with Gasteiger partial charge in [0.2, 0.25) is 0 Å². The Balaban J connectivity index is 1.99. The Morgan fingerprint density at radius 1 is 1.47 bits per heavy atom. The van der Waals surface area contributed by atoms with Crippen molar-refractivity contribution in [3.8, 4) is 0 Å². The predicted molar refractivity (Wildman–Crippen MR) is 75.9 cm³/mol. The van der Waals surface area contributed by atoms with Gasteiger partial charge in [-0.2, -0.15) is 0 Å². The Hall–Kier alpha value is -1.95. The zero-order chi connectivity index (χ0) is 13.7. The number of nitrogen functional groups attached to an aromatic ring is 1. The fraction of sp³-hybridized carbons (Fsp3) is 0.308. The van der Waals surface area contributed by atoms with Crippen molar-refractivity contribution >= 4 is 23.1 Å². The molecule has 0 aliphatic heterocycles. The minimum absolute atomic E-state index is 0.124. The van der Waals surface area contributed by atoms with E-state index in [-0.39, 0.29) is 5.91 Å². The number of aromatic nitrogens is 2. The topological polar surface area (TPSA) is 80.9 Å². The lowest BCUT2D eigenvalue weighted by Gasteiger charge is -2.05. The number of nitrogens with zero attached hydrogens (tertiary/aromatic N) is 2. The average Bonchev–Trinajstić information content (AvgIpc) is 2.85. The molecule has 0 saturated carbocycles. The molecular weight excluding hydrogens is 260 g/mol. The highest BCUT2D eigenvalue weighted by Crippen LogP contribution is 2.13. The lowest BCUT2D eigenvalue weighted by Crippen LogP contribution is -2.23. The molecule has 100 valence electrons. The molecule has 0 fully saturated rings. The lowest BCUT2D eigenvalue weighted by atomic mass is 10.2. The molecule has 0 atom stereocenters. The number of aryl methyl sites for hydroxylation is 1. The van der Waals surface area contributed by atoms with Gasteiger partial charge in [0.25, 0.3) is 5.91 Å². The summed E-state index contributed by atoms with van der Waals surface area (Å²) in [4.78, 5) is 12.7. The van der Waals surface area contributed by atoms with Crippen molar-refractivity contribution in [2.45, 2.75) is 26.3 Å². The summed E-state index contributed by atoms with van der Waals surface area (Å²) in [6.07, 6.45) is 1.72. The highest BCUT2D eigenvalue weighted by atomic mass is 32.1. The number of benzene rings is 1. The number of anilines is 1. The maximum Gasteiger partial charge on any atom is 0.265 e. The van der Waals surface area contributed by atoms with Gasteiger partial charge in [0, 0.05) is 12.2 Å². The van der Waals surface area contributed by atoms with Crippen LogP contribution in [0.2, 0.25) is 0 Å². The zero-order valence-corrected chi connectivity index (χ0v) is 11.5. The molecule has 3 N–H and O–H groups in total. The molecule has 0 aliphatic carbocycles. The first-order valence-electron chi connectivity index (χ1n) is 6.14. The van der Waals surface area contributed by atoms with Crippen molar-refractivity contribution in [2.24, 2.45) is 0 Å². The van der Waals surface area contributed by atoms with Gasteiger partial charge in [-0.1, -0.05) is 30.0 Å². The third-order valence-corrected chi connectivity index (χ3v) is 3.42. The van der Waals surface area contributed by atoms with Gasteiger partial charge >= 0.3 is 0 Å². The van der Waals surface area contributed by atoms with Crippen LogP contribution < -0.4 is 11.1 Å². The molecule has 0 unspecified atom stereocenters. The number of hydrogen-bond donors (Lipinski definition) is 2. The van der Waals surface area contributed by atoms with Crippen LogP contribution in [0.1, 0.15) is 34.3 Å². The van der Waals surface area contributed by atoms with Crippen molar-refractivity contribution in [3.63, 3.8) is 0 Å². The Bertz CT molecular complexity index is 567. The van der Waals surface area contributed by atoms with E-state index in [0.717, 1.165) is 35.6 Å². The van der Waals surface area contributed by atoms with Crippen molar-refractivity contribution < 1.29 is 4.79 Å². The second-order valence-corrected chi connectivity index (χ2v) is 4.98. The van der Waals surface area contributed by atoms with Gasteiger partial charge in [-0.05, 0) is 35.6 Å². The van der Waals surface area contributed by atoms with Gasteiger partial charge in [-0.3, -0.25) is 4.79 Å². The Labute approximate surface area is 116 Å². The van der Waals surface area contributed by atoms with E-state index in [2.05, 4.69) is 14.9 Å². The molecule has 6 heteroatoms. The van der Waals surface area contributed by atoms with E-state index in [1.165, 1.54) is 0 Å². The first kappa shape index (κ1) is 13.5. The number of carbonyl (C=O) groups excluding carboxylic acids is 1.